The van der Waals surface area contributed by atoms with E-state index < -0.39 is 0 Å². The number of nitrogens with one attached hydrogen (secondary N) is 1. The highest BCUT2D eigenvalue weighted by Crippen LogP contribution is 2.36. The highest BCUT2D eigenvalue weighted by Gasteiger charge is 2.36. The number of thioether (sulfide) groups is 1. The molecule has 156 valence electrons. The lowest BCUT2D eigenvalue weighted by Gasteiger charge is -2.21. The first-order valence-electron chi connectivity index (χ1n) is 10.3. The molecule has 2 heterocycles. The summed E-state index contributed by atoms with van der Waals surface area (Å²) >= 11 is 1.69. The normalized spacial score (nSPS) is 19.9. The number of carbonyl (C=O) groups is 2. The van der Waals surface area contributed by atoms with Gasteiger partial charge in [0.15, 0.2) is 11.7 Å². The molecule has 1 amide bonds. The number of carbonyl (C=O) groups excluding carboxylic acids is 2. The molecule has 0 bridgehead atoms. The fraction of sp³-hybridized carbons (Fsp3) is 0.500. The summed E-state index contributed by atoms with van der Waals surface area (Å²) in [7, 11) is 0. The van der Waals surface area contributed by atoms with E-state index in [-0.39, 0.29) is 23.2 Å². The molecule has 6 nitrogen and oxygen atoms in total. The summed E-state index contributed by atoms with van der Waals surface area (Å²) in [6.45, 7) is 1.91. The van der Waals surface area contributed by atoms with Crippen LogP contribution in [0.2, 0.25) is 0 Å². The van der Waals surface area contributed by atoms with Crippen LogP contribution >= 0.6 is 11.8 Å². The zero-order chi connectivity index (χ0) is 20.6. The van der Waals surface area contributed by atoms with Gasteiger partial charge in [-0.3, -0.25) is 14.9 Å². The summed E-state index contributed by atoms with van der Waals surface area (Å²) in [4.78, 5) is 27.6. The van der Waals surface area contributed by atoms with E-state index in [2.05, 4.69) is 10.3 Å². The summed E-state index contributed by atoms with van der Waals surface area (Å²) in [5, 5.41) is 3.37. The lowest BCUT2D eigenvalue weighted by atomic mass is 9.99. The van der Waals surface area contributed by atoms with Crippen LogP contribution in [-0.2, 0) is 9.59 Å². The van der Waals surface area contributed by atoms with E-state index in [4.69, 9.17) is 10.2 Å². The van der Waals surface area contributed by atoms with Gasteiger partial charge in [0.05, 0.1) is 23.5 Å². The molecule has 2 unspecified atom stereocenters. The molecule has 3 N–H and O–H groups in total. The minimum atomic E-state index is -0.325. The van der Waals surface area contributed by atoms with Gasteiger partial charge in [-0.05, 0) is 12.8 Å². The summed E-state index contributed by atoms with van der Waals surface area (Å²) in [5.74, 6) is 2.13. The number of hydrogen-bond acceptors (Lipinski definition) is 6. The van der Waals surface area contributed by atoms with Crippen molar-refractivity contribution in [3.8, 4) is 11.3 Å². The summed E-state index contributed by atoms with van der Waals surface area (Å²) < 4.78 is 6.12. The van der Waals surface area contributed by atoms with Gasteiger partial charge >= 0.3 is 0 Å². The molecule has 29 heavy (non-hydrogen) atoms. The minimum Gasteiger partial charge on any atom is -0.440 e. The first kappa shape index (κ1) is 21.6. The number of ketones is 1. The standard InChI is InChI=1S/C22H29N3O3S/c1-2-16(26)11-7-4-8-12-17(22-25-18(14-29-22)20(23)27)21-24-13-19(28-21)15-9-5-3-6-10-15/h3,5-6,9-10,13,17-18,22,25H,2,4,7-8,11-12,14H2,1H3,(H2,23,27)/t17-,18?,22?/m0/s1. The van der Waals surface area contributed by atoms with Gasteiger partial charge < -0.3 is 10.2 Å². The molecule has 1 aromatic carbocycles. The molecule has 7 heteroatoms. The first-order chi connectivity index (χ1) is 14.1. The van der Waals surface area contributed by atoms with Crippen LogP contribution in [0.25, 0.3) is 11.3 Å². The van der Waals surface area contributed by atoms with E-state index in [1.54, 1.807) is 18.0 Å². The molecule has 1 saturated heterocycles. The number of hydrogen-bond donors (Lipinski definition) is 2. The van der Waals surface area contributed by atoms with Gasteiger partial charge in [-0.25, -0.2) is 4.98 Å². The van der Waals surface area contributed by atoms with E-state index in [0.717, 1.165) is 37.0 Å². The van der Waals surface area contributed by atoms with Crippen LogP contribution in [-0.4, -0.2) is 33.8 Å². The van der Waals surface area contributed by atoms with E-state index >= 15 is 0 Å². The van der Waals surface area contributed by atoms with Gasteiger partial charge in [-0.15, -0.1) is 11.8 Å². The Bertz CT molecular complexity index is 809. The lowest BCUT2D eigenvalue weighted by molar-refractivity contribution is -0.120. The Kier molecular flexibility index (Phi) is 7.89. The molecule has 0 saturated carbocycles. The fourth-order valence-corrected chi connectivity index (χ4v) is 4.94. The van der Waals surface area contributed by atoms with Crippen molar-refractivity contribution in [3.63, 3.8) is 0 Å². The maximum Gasteiger partial charge on any atom is 0.235 e. The van der Waals surface area contributed by atoms with Crippen LogP contribution in [0.3, 0.4) is 0 Å². The van der Waals surface area contributed by atoms with Crippen molar-refractivity contribution in [2.24, 2.45) is 5.73 Å². The maximum atomic E-state index is 11.6. The number of unbranched alkanes of at least 4 members (excludes halogenated alkanes) is 2. The molecule has 1 fully saturated rings. The monoisotopic (exact) mass is 415 g/mol. The van der Waals surface area contributed by atoms with Crippen LogP contribution in [0, 0.1) is 0 Å². The summed E-state index contributed by atoms with van der Waals surface area (Å²) in [6, 6.07) is 9.58. The molecule has 0 spiro atoms. The molecular weight excluding hydrogens is 386 g/mol. The number of rotatable bonds is 11. The smallest absolute Gasteiger partial charge is 0.235 e. The van der Waals surface area contributed by atoms with E-state index in [1.165, 1.54) is 0 Å². The molecule has 0 aliphatic carbocycles. The highest BCUT2D eigenvalue weighted by molar-refractivity contribution is 8.00. The number of amides is 1. The van der Waals surface area contributed by atoms with Gasteiger partial charge in [-0.2, -0.15) is 0 Å². The predicted octanol–water partition coefficient (Wildman–Crippen LogP) is 3.87. The largest absolute Gasteiger partial charge is 0.440 e. The topological polar surface area (TPSA) is 98.2 Å². The Hall–Kier alpha value is -2.12. The minimum absolute atomic E-state index is 0.0343. The van der Waals surface area contributed by atoms with Crippen molar-refractivity contribution >= 4 is 23.5 Å². The van der Waals surface area contributed by atoms with Crippen LogP contribution in [0.15, 0.2) is 40.9 Å². The summed E-state index contributed by atoms with van der Waals surface area (Å²) in [6.07, 6.45) is 6.79. The van der Waals surface area contributed by atoms with Crippen LogP contribution in [0.4, 0.5) is 0 Å². The Morgan fingerprint density at radius 2 is 2.07 bits per heavy atom. The third kappa shape index (κ3) is 5.93. The summed E-state index contributed by atoms with van der Waals surface area (Å²) in [5.41, 5.74) is 6.47. The highest BCUT2D eigenvalue weighted by atomic mass is 32.2. The van der Waals surface area contributed by atoms with Gasteiger partial charge in [0.2, 0.25) is 5.91 Å². The number of primary amides is 1. The van der Waals surface area contributed by atoms with Gasteiger partial charge in [0, 0.05) is 24.2 Å². The molecule has 3 atom stereocenters. The SMILES string of the molecule is CCC(=O)CCCCC[C@@H](c1ncc(-c2ccccc2)o1)C1NC(C(N)=O)CS1. The van der Waals surface area contributed by atoms with Crippen molar-refractivity contribution in [1.82, 2.24) is 10.3 Å². The van der Waals surface area contributed by atoms with Crippen molar-refractivity contribution < 1.29 is 14.0 Å². The number of nitrogens with zero attached hydrogens (tertiary/aromatic N) is 1. The Balaban J connectivity index is 1.67. The number of aromatic nitrogens is 1. The van der Waals surface area contributed by atoms with Gasteiger partial charge in [-0.1, -0.05) is 50.1 Å². The zero-order valence-electron chi connectivity index (χ0n) is 16.8. The Morgan fingerprint density at radius 1 is 1.28 bits per heavy atom. The van der Waals surface area contributed by atoms with E-state index in [1.807, 2.05) is 37.3 Å². The van der Waals surface area contributed by atoms with Crippen molar-refractivity contribution in [2.75, 3.05) is 5.75 Å². The second-order valence-corrected chi connectivity index (χ2v) is 8.58. The predicted molar refractivity (Wildman–Crippen MR) is 115 cm³/mol. The molecule has 1 aromatic heterocycles. The zero-order valence-corrected chi connectivity index (χ0v) is 17.6. The molecule has 1 aliphatic rings. The first-order valence-corrected chi connectivity index (χ1v) is 11.3. The number of nitrogens with two attached hydrogens (primary N) is 1. The van der Waals surface area contributed by atoms with Crippen molar-refractivity contribution in [2.45, 2.75) is 62.8 Å². The average molecular weight is 416 g/mol. The van der Waals surface area contributed by atoms with Crippen molar-refractivity contribution in [1.29, 1.82) is 0 Å². The Morgan fingerprint density at radius 3 is 2.76 bits per heavy atom. The third-order valence-electron chi connectivity index (χ3n) is 5.28. The molecule has 1 aliphatic heterocycles. The molecule has 2 aromatic rings. The lowest BCUT2D eigenvalue weighted by Crippen LogP contribution is -2.42. The number of Topliss-reactive ketones (excluding diaryl/α,β-unsaturated/α-hetero) is 1. The van der Waals surface area contributed by atoms with Crippen LogP contribution < -0.4 is 11.1 Å². The Labute approximate surface area is 176 Å². The van der Waals surface area contributed by atoms with Crippen LogP contribution in [0.1, 0.15) is 57.3 Å². The fourth-order valence-electron chi connectivity index (χ4n) is 3.53. The quantitative estimate of drug-likeness (QED) is 0.541. The van der Waals surface area contributed by atoms with E-state index in [9.17, 15) is 9.59 Å². The maximum absolute atomic E-state index is 11.6. The molecule has 3 rings (SSSR count). The second kappa shape index (κ2) is 10.6. The average Bonchev–Trinajstić information content (AvgIpc) is 3.41. The molecular formula is C22H29N3O3S. The third-order valence-corrected chi connectivity index (χ3v) is 6.63. The number of benzene rings is 1. The second-order valence-electron chi connectivity index (χ2n) is 7.40. The molecule has 0 radical (unpaired) electrons. The number of oxazole rings is 1. The van der Waals surface area contributed by atoms with Gasteiger partial charge in [0.25, 0.3) is 0 Å². The van der Waals surface area contributed by atoms with Crippen LogP contribution in [0.5, 0.6) is 0 Å². The van der Waals surface area contributed by atoms with E-state index in [0.29, 0.717) is 30.3 Å². The van der Waals surface area contributed by atoms with Crippen molar-refractivity contribution in [3.05, 3.63) is 42.4 Å². The van der Waals surface area contributed by atoms with Gasteiger partial charge in [0.1, 0.15) is 5.78 Å².